The third-order valence-corrected chi connectivity index (χ3v) is 5.96. The number of ether oxygens (including phenoxy) is 1. The van der Waals surface area contributed by atoms with Crippen LogP contribution in [0.1, 0.15) is 39.3 Å². The van der Waals surface area contributed by atoms with E-state index in [-0.39, 0.29) is 30.8 Å². The van der Waals surface area contributed by atoms with Crippen LogP contribution in [0.2, 0.25) is 0 Å². The fourth-order valence-electron chi connectivity index (χ4n) is 4.31. The summed E-state index contributed by atoms with van der Waals surface area (Å²) in [5, 5.41) is 5.89. The van der Waals surface area contributed by atoms with Crippen molar-refractivity contribution in [3.63, 3.8) is 0 Å². The highest BCUT2D eigenvalue weighted by atomic mass is 16.5. The molecule has 2 heterocycles. The predicted molar refractivity (Wildman–Crippen MR) is 125 cm³/mol. The Balaban J connectivity index is 1.88. The Bertz CT molecular complexity index is 901. The van der Waals surface area contributed by atoms with Crippen LogP contribution in [0.25, 0.3) is 0 Å². The summed E-state index contributed by atoms with van der Waals surface area (Å²) in [6.07, 6.45) is 0. The summed E-state index contributed by atoms with van der Waals surface area (Å²) in [7, 11) is 1.67. The van der Waals surface area contributed by atoms with Crippen molar-refractivity contribution in [2.24, 2.45) is 0 Å². The number of carbonyl (C=O) groups excluding carboxylic acids is 3. The highest BCUT2D eigenvalue weighted by Gasteiger charge is 2.38. The molecular weight excluding hydrogens is 422 g/mol. The van der Waals surface area contributed by atoms with Crippen LogP contribution in [0.4, 0.5) is 9.59 Å². The van der Waals surface area contributed by atoms with E-state index in [0.29, 0.717) is 37.4 Å². The zero-order valence-corrected chi connectivity index (χ0v) is 20.1. The number of hydrogen-bond donors (Lipinski definition) is 2. The molecule has 9 heteroatoms. The minimum Gasteiger partial charge on any atom is -0.463 e. The largest absolute Gasteiger partial charge is 0.463 e. The summed E-state index contributed by atoms with van der Waals surface area (Å²) in [6, 6.07) is 8.59. The number of nitrogens with zero attached hydrogens (tertiary/aromatic N) is 3. The van der Waals surface area contributed by atoms with Crippen molar-refractivity contribution in [2.45, 2.75) is 45.8 Å². The Hall–Kier alpha value is -3.07. The van der Waals surface area contributed by atoms with Crippen molar-refractivity contribution >= 4 is 18.0 Å². The Kier molecular flexibility index (Phi) is 7.97. The minimum absolute atomic E-state index is 0.00298. The number of rotatable bonds is 6. The third-order valence-electron chi connectivity index (χ3n) is 5.96. The van der Waals surface area contributed by atoms with E-state index in [1.54, 1.807) is 14.0 Å². The van der Waals surface area contributed by atoms with Gasteiger partial charge in [-0.1, -0.05) is 30.3 Å². The third kappa shape index (κ3) is 5.65. The van der Waals surface area contributed by atoms with Gasteiger partial charge in [-0.2, -0.15) is 0 Å². The van der Waals surface area contributed by atoms with Gasteiger partial charge in [0.25, 0.3) is 0 Å². The van der Waals surface area contributed by atoms with E-state index in [1.165, 1.54) is 4.90 Å². The van der Waals surface area contributed by atoms with E-state index < -0.39 is 12.0 Å². The van der Waals surface area contributed by atoms with Gasteiger partial charge in [0, 0.05) is 51.0 Å². The molecule has 2 N–H and O–H groups in total. The Morgan fingerprint density at radius 3 is 2.52 bits per heavy atom. The number of benzene rings is 1. The highest BCUT2D eigenvalue weighted by molar-refractivity contribution is 5.95. The van der Waals surface area contributed by atoms with E-state index in [4.69, 9.17) is 4.74 Å². The fraction of sp³-hybridized carbons (Fsp3) is 0.542. The van der Waals surface area contributed by atoms with Crippen LogP contribution in [0.15, 0.2) is 41.6 Å². The van der Waals surface area contributed by atoms with E-state index in [0.717, 1.165) is 5.56 Å². The van der Waals surface area contributed by atoms with Crippen LogP contribution < -0.4 is 10.6 Å². The lowest BCUT2D eigenvalue weighted by atomic mass is 9.94. The summed E-state index contributed by atoms with van der Waals surface area (Å²) < 4.78 is 5.39. The normalized spacial score (nSPS) is 21.8. The van der Waals surface area contributed by atoms with Gasteiger partial charge in [0.2, 0.25) is 0 Å². The van der Waals surface area contributed by atoms with E-state index in [2.05, 4.69) is 15.5 Å². The molecule has 1 aromatic carbocycles. The van der Waals surface area contributed by atoms with Crippen LogP contribution in [0, 0.1) is 0 Å². The summed E-state index contributed by atoms with van der Waals surface area (Å²) >= 11 is 0. The molecule has 0 aliphatic carbocycles. The molecule has 4 amide bonds. The average Bonchev–Trinajstić information content (AvgIpc) is 2.77. The van der Waals surface area contributed by atoms with Crippen molar-refractivity contribution in [2.75, 3.05) is 39.8 Å². The number of amides is 4. The SMILES string of the molecule is CCOC(=O)C1=C(CN2CCN(C(=O)NC(C)C)[C@H](C)C2)N(C)C(=O)N[C@@H]1c1ccccc1. The standard InChI is InChI=1S/C24H35N5O4/c1-6-33-22(30)20-19(27(5)23(31)26-21(20)18-10-8-7-9-11-18)15-28-12-13-29(17(4)14-28)24(32)25-16(2)3/h7-11,16-17,21H,6,12-15H2,1-5H3,(H,25,32)(H,26,31)/t17-,21-/m1/s1. The zero-order chi connectivity index (χ0) is 24.1. The number of urea groups is 2. The van der Waals surface area contributed by atoms with Gasteiger partial charge in [0.1, 0.15) is 0 Å². The second-order valence-electron chi connectivity index (χ2n) is 8.81. The maximum atomic E-state index is 13.1. The molecule has 0 unspecified atom stereocenters. The Morgan fingerprint density at radius 1 is 1.21 bits per heavy atom. The number of hydrogen-bond acceptors (Lipinski definition) is 5. The molecule has 33 heavy (non-hydrogen) atoms. The zero-order valence-electron chi connectivity index (χ0n) is 20.1. The summed E-state index contributed by atoms with van der Waals surface area (Å²) in [6.45, 7) is 10.2. The molecule has 2 aliphatic rings. The molecule has 0 bridgehead atoms. The maximum absolute atomic E-state index is 13.1. The van der Waals surface area contributed by atoms with Crippen LogP contribution in [0.3, 0.4) is 0 Å². The first-order chi connectivity index (χ1) is 15.7. The van der Waals surface area contributed by atoms with Crippen LogP contribution in [0.5, 0.6) is 0 Å². The van der Waals surface area contributed by atoms with Gasteiger partial charge >= 0.3 is 18.0 Å². The topological polar surface area (TPSA) is 94.2 Å². The highest BCUT2D eigenvalue weighted by Crippen LogP contribution is 2.31. The fourth-order valence-corrected chi connectivity index (χ4v) is 4.31. The van der Waals surface area contributed by atoms with Crippen molar-refractivity contribution in [1.82, 2.24) is 25.3 Å². The molecular formula is C24H35N5O4. The number of piperazine rings is 1. The molecule has 0 radical (unpaired) electrons. The van der Waals surface area contributed by atoms with Gasteiger partial charge < -0.3 is 20.3 Å². The van der Waals surface area contributed by atoms with Crippen molar-refractivity contribution < 1.29 is 19.1 Å². The van der Waals surface area contributed by atoms with Crippen molar-refractivity contribution in [3.8, 4) is 0 Å². The summed E-state index contributed by atoms with van der Waals surface area (Å²) in [5.74, 6) is -0.434. The van der Waals surface area contributed by atoms with E-state index >= 15 is 0 Å². The first-order valence-electron chi connectivity index (χ1n) is 11.5. The predicted octanol–water partition coefficient (Wildman–Crippen LogP) is 2.32. The summed E-state index contributed by atoms with van der Waals surface area (Å²) in [4.78, 5) is 43.9. The number of nitrogens with one attached hydrogen (secondary N) is 2. The van der Waals surface area contributed by atoms with Crippen molar-refractivity contribution in [1.29, 1.82) is 0 Å². The van der Waals surface area contributed by atoms with Gasteiger partial charge in [0.05, 0.1) is 18.2 Å². The molecule has 180 valence electrons. The Morgan fingerprint density at radius 2 is 1.91 bits per heavy atom. The molecule has 0 saturated carbocycles. The second kappa shape index (κ2) is 10.7. The quantitative estimate of drug-likeness (QED) is 0.640. The Labute approximate surface area is 195 Å². The summed E-state index contributed by atoms with van der Waals surface area (Å²) in [5.41, 5.74) is 1.89. The van der Waals surface area contributed by atoms with E-state index in [9.17, 15) is 14.4 Å². The van der Waals surface area contributed by atoms with Crippen LogP contribution in [-0.4, -0.2) is 84.6 Å². The monoisotopic (exact) mass is 457 g/mol. The number of likely N-dealkylation sites (N-methyl/N-ethyl adjacent to an activating group) is 1. The van der Waals surface area contributed by atoms with Gasteiger partial charge in [-0.15, -0.1) is 0 Å². The van der Waals surface area contributed by atoms with E-state index in [1.807, 2.05) is 56.0 Å². The first kappa shape index (κ1) is 24.6. The lowest BCUT2D eigenvalue weighted by Gasteiger charge is -2.42. The van der Waals surface area contributed by atoms with Crippen LogP contribution >= 0.6 is 0 Å². The van der Waals surface area contributed by atoms with Crippen molar-refractivity contribution in [3.05, 3.63) is 47.2 Å². The molecule has 0 aromatic heterocycles. The molecule has 0 spiro atoms. The molecule has 1 fully saturated rings. The molecule has 1 aromatic rings. The molecule has 1 saturated heterocycles. The number of esters is 1. The lowest BCUT2D eigenvalue weighted by molar-refractivity contribution is -0.139. The smallest absolute Gasteiger partial charge is 0.338 e. The first-order valence-corrected chi connectivity index (χ1v) is 11.5. The molecule has 3 rings (SSSR count). The lowest BCUT2D eigenvalue weighted by Crippen LogP contribution is -2.58. The van der Waals surface area contributed by atoms with Gasteiger partial charge in [-0.3, -0.25) is 9.80 Å². The molecule has 9 nitrogen and oxygen atoms in total. The minimum atomic E-state index is -0.584. The maximum Gasteiger partial charge on any atom is 0.338 e. The van der Waals surface area contributed by atoms with Crippen LogP contribution in [-0.2, 0) is 9.53 Å². The van der Waals surface area contributed by atoms with Gasteiger partial charge in [-0.25, -0.2) is 14.4 Å². The van der Waals surface area contributed by atoms with Gasteiger partial charge in [-0.05, 0) is 33.3 Å². The second-order valence-corrected chi connectivity index (χ2v) is 8.81. The number of carbonyl (C=O) groups is 3. The molecule has 2 atom stereocenters. The average molecular weight is 458 g/mol. The molecule has 2 aliphatic heterocycles. The van der Waals surface area contributed by atoms with Gasteiger partial charge in [0.15, 0.2) is 0 Å².